The lowest BCUT2D eigenvalue weighted by molar-refractivity contribution is -0.137. The summed E-state index contributed by atoms with van der Waals surface area (Å²) in [5.74, 6) is -0.303. The summed E-state index contributed by atoms with van der Waals surface area (Å²) in [5, 5.41) is 6.90. The number of hydrogen-bond acceptors (Lipinski definition) is 5. The van der Waals surface area contributed by atoms with Gasteiger partial charge in [0.15, 0.2) is 5.65 Å². The molecule has 0 spiro atoms. The van der Waals surface area contributed by atoms with Crippen molar-refractivity contribution in [3.8, 4) is 11.3 Å². The molecule has 7 nitrogen and oxygen atoms in total. The molecule has 0 bridgehead atoms. The van der Waals surface area contributed by atoms with Gasteiger partial charge >= 0.3 is 6.18 Å². The first-order valence-electron chi connectivity index (χ1n) is 8.02. The van der Waals surface area contributed by atoms with Gasteiger partial charge in [-0.2, -0.15) is 22.8 Å². The number of carbonyl (C=O) groups excluding carboxylic acids is 1. The van der Waals surface area contributed by atoms with E-state index in [4.69, 9.17) is 0 Å². The van der Waals surface area contributed by atoms with E-state index >= 15 is 0 Å². The molecule has 1 N–H and O–H groups in total. The molecule has 0 fully saturated rings. The van der Waals surface area contributed by atoms with Crippen LogP contribution >= 0.6 is 0 Å². The number of carbonyl (C=O) groups is 1. The van der Waals surface area contributed by atoms with Crippen LogP contribution in [0, 0.1) is 0 Å². The summed E-state index contributed by atoms with van der Waals surface area (Å²) < 4.78 is 40.2. The van der Waals surface area contributed by atoms with Crippen molar-refractivity contribution in [2.24, 2.45) is 0 Å². The monoisotopic (exact) mass is 384 g/mol. The Hall–Kier alpha value is -3.82. The molecule has 10 heteroatoms. The Kier molecular flexibility index (Phi) is 4.22. The van der Waals surface area contributed by atoms with Crippen molar-refractivity contribution in [3.05, 3.63) is 72.4 Å². The number of rotatable bonds is 3. The second kappa shape index (κ2) is 6.72. The molecule has 3 aromatic heterocycles. The number of hydrogen-bond donors (Lipinski definition) is 1. The van der Waals surface area contributed by atoms with Crippen LogP contribution in [-0.2, 0) is 6.18 Å². The Morgan fingerprint density at radius 1 is 0.964 bits per heavy atom. The number of fused-ring (bicyclic) bond motifs is 1. The van der Waals surface area contributed by atoms with E-state index in [2.05, 4.69) is 25.4 Å². The van der Waals surface area contributed by atoms with Gasteiger partial charge in [-0.05, 0) is 24.3 Å². The average molecular weight is 384 g/mol. The highest BCUT2D eigenvalue weighted by atomic mass is 19.4. The van der Waals surface area contributed by atoms with Crippen molar-refractivity contribution in [2.75, 3.05) is 5.32 Å². The van der Waals surface area contributed by atoms with E-state index in [1.165, 1.54) is 47.4 Å². The summed E-state index contributed by atoms with van der Waals surface area (Å²) in [6, 6.07) is 9.45. The maximum absolute atomic E-state index is 13.0. The highest BCUT2D eigenvalue weighted by Crippen LogP contribution is 2.32. The van der Waals surface area contributed by atoms with Crippen molar-refractivity contribution in [3.63, 3.8) is 0 Å². The quantitative estimate of drug-likeness (QED) is 0.585. The summed E-state index contributed by atoms with van der Waals surface area (Å²) in [7, 11) is 0. The molecule has 0 radical (unpaired) electrons. The van der Waals surface area contributed by atoms with Crippen LogP contribution in [0.5, 0.6) is 0 Å². The maximum atomic E-state index is 13.0. The fourth-order valence-corrected chi connectivity index (χ4v) is 2.57. The Morgan fingerprint density at radius 2 is 1.75 bits per heavy atom. The second-order valence-electron chi connectivity index (χ2n) is 5.73. The molecule has 3 heterocycles. The predicted molar refractivity (Wildman–Crippen MR) is 93.4 cm³/mol. The Labute approximate surface area is 155 Å². The minimum Gasteiger partial charge on any atom is -0.304 e. The van der Waals surface area contributed by atoms with Crippen LogP contribution in [0.3, 0.4) is 0 Å². The van der Waals surface area contributed by atoms with Crippen molar-refractivity contribution >= 4 is 17.4 Å². The fourth-order valence-electron chi connectivity index (χ4n) is 2.57. The third kappa shape index (κ3) is 3.39. The molecule has 1 amide bonds. The predicted octanol–water partition coefficient (Wildman–Crippen LogP) is 3.46. The van der Waals surface area contributed by atoms with Gasteiger partial charge in [0.1, 0.15) is 5.82 Å². The van der Waals surface area contributed by atoms with Crippen LogP contribution in [0.2, 0.25) is 0 Å². The molecule has 0 aliphatic rings. The van der Waals surface area contributed by atoms with Crippen molar-refractivity contribution in [1.29, 1.82) is 0 Å². The minimum absolute atomic E-state index is 0.0299. The normalized spacial score (nSPS) is 11.5. The molecule has 140 valence electrons. The number of nitrogens with zero attached hydrogens (tertiary/aromatic N) is 5. The summed E-state index contributed by atoms with van der Waals surface area (Å²) in [6.07, 6.45) is -0.135. The van der Waals surface area contributed by atoms with E-state index in [0.717, 1.165) is 12.1 Å². The van der Waals surface area contributed by atoms with Crippen LogP contribution < -0.4 is 5.32 Å². The first kappa shape index (κ1) is 17.6. The standard InChI is InChI=1S/C18H11F3N6O/c19-18(20,21)12-4-1-3-11(9-12)13-10-15-22-8-5-14(27(15)26-13)25-17(28)16-23-6-2-7-24-16/h1-10H,(H,25,28). The van der Waals surface area contributed by atoms with Crippen LogP contribution in [0.25, 0.3) is 16.9 Å². The zero-order chi connectivity index (χ0) is 19.7. The van der Waals surface area contributed by atoms with Crippen molar-refractivity contribution < 1.29 is 18.0 Å². The van der Waals surface area contributed by atoms with E-state index in [9.17, 15) is 18.0 Å². The van der Waals surface area contributed by atoms with E-state index in [1.807, 2.05) is 0 Å². The van der Waals surface area contributed by atoms with Crippen LogP contribution in [0.15, 0.2) is 61.1 Å². The molecule has 0 saturated carbocycles. The second-order valence-corrected chi connectivity index (χ2v) is 5.73. The van der Waals surface area contributed by atoms with Crippen LogP contribution in [-0.4, -0.2) is 30.5 Å². The van der Waals surface area contributed by atoms with Gasteiger partial charge in [-0.25, -0.2) is 15.0 Å². The largest absolute Gasteiger partial charge is 0.416 e. The summed E-state index contributed by atoms with van der Waals surface area (Å²) >= 11 is 0. The topological polar surface area (TPSA) is 85.1 Å². The number of alkyl halides is 3. The Balaban J connectivity index is 1.71. The first-order chi connectivity index (χ1) is 13.4. The lowest BCUT2D eigenvalue weighted by Gasteiger charge is -2.07. The van der Waals surface area contributed by atoms with E-state index in [-0.39, 0.29) is 22.9 Å². The SMILES string of the molecule is O=C(Nc1ccnc2cc(-c3cccc(C(F)(F)F)c3)nn12)c1ncccn1. The molecule has 28 heavy (non-hydrogen) atoms. The van der Waals surface area contributed by atoms with Gasteiger partial charge in [0.05, 0.1) is 11.3 Å². The minimum atomic E-state index is -4.46. The third-order valence-electron chi connectivity index (χ3n) is 3.85. The van der Waals surface area contributed by atoms with E-state index in [1.54, 1.807) is 6.07 Å². The molecular formula is C18H11F3N6O. The molecular weight excluding hydrogens is 373 g/mol. The van der Waals surface area contributed by atoms with Gasteiger partial charge in [0.2, 0.25) is 5.82 Å². The highest BCUT2D eigenvalue weighted by Gasteiger charge is 2.30. The molecule has 0 saturated heterocycles. The number of aromatic nitrogens is 5. The third-order valence-corrected chi connectivity index (χ3v) is 3.85. The van der Waals surface area contributed by atoms with Gasteiger partial charge in [0, 0.05) is 30.2 Å². The number of amides is 1. The maximum Gasteiger partial charge on any atom is 0.416 e. The number of halogens is 3. The Bertz CT molecular complexity index is 1160. The number of benzene rings is 1. The summed E-state index contributed by atoms with van der Waals surface area (Å²) in [6.45, 7) is 0. The van der Waals surface area contributed by atoms with Crippen LogP contribution in [0.1, 0.15) is 16.2 Å². The van der Waals surface area contributed by atoms with Gasteiger partial charge in [0.25, 0.3) is 5.91 Å². The molecule has 4 aromatic rings. The zero-order valence-electron chi connectivity index (χ0n) is 14.1. The smallest absolute Gasteiger partial charge is 0.304 e. The zero-order valence-corrected chi connectivity index (χ0v) is 14.1. The molecule has 4 rings (SSSR count). The van der Waals surface area contributed by atoms with Crippen molar-refractivity contribution in [1.82, 2.24) is 24.6 Å². The fraction of sp³-hybridized carbons (Fsp3) is 0.0556. The lowest BCUT2D eigenvalue weighted by Crippen LogP contribution is -2.17. The van der Waals surface area contributed by atoms with Gasteiger partial charge < -0.3 is 5.32 Å². The van der Waals surface area contributed by atoms with Gasteiger partial charge in [-0.1, -0.05) is 12.1 Å². The Morgan fingerprint density at radius 3 is 2.50 bits per heavy atom. The summed E-state index contributed by atoms with van der Waals surface area (Å²) in [4.78, 5) is 24.1. The van der Waals surface area contributed by atoms with Gasteiger partial charge in [-0.15, -0.1) is 0 Å². The van der Waals surface area contributed by atoms with E-state index in [0.29, 0.717) is 5.65 Å². The molecule has 1 aromatic carbocycles. The average Bonchev–Trinajstić information content (AvgIpc) is 3.13. The lowest BCUT2D eigenvalue weighted by atomic mass is 10.1. The van der Waals surface area contributed by atoms with Crippen molar-refractivity contribution in [2.45, 2.75) is 6.18 Å². The molecule has 0 unspecified atom stereocenters. The van der Waals surface area contributed by atoms with Crippen LogP contribution in [0.4, 0.5) is 19.0 Å². The number of anilines is 1. The molecule has 0 aliphatic carbocycles. The molecule has 0 aliphatic heterocycles. The highest BCUT2D eigenvalue weighted by molar-refractivity contribution is 6.01. The summed E-state index contributed by atoms with van der Waals surface area (Å²) in [5.41, 5.74) is 0.157. The van der Waals surface area contributed by atoms with E-state index < -0.39 is 17.6 Å². The number of nitrogens with one attached hydrogen (secondary N) is 1. The first-order valence-corrected chi connectivity index (χ1v) is 8.02. The molecule has 0 atom stereocenters. The van der Waals surface area contributed by atoms with Gasteiger partial charge in [-0.3, -0.25) is 4.79 Å².